The van der Waals surface area contributed by atoms with Crippen molar-refractivity contribution in [1.82, 2.24) is 14.9 Å². The summed E-state index contributed by atoms with van der Waals surface area (Å²) >= 11 is 0. The number of nitrogens with one attached hydrogen (secondary N) is 2. The Balaban J connectivity index is 1.58. The van der Waals surface area contributed by atoms with Crippen LogP contribution in [0.5, 0.6) is 11.5 Å². The molecule has 2 amide bonds. The highest BCUT2D eigenvalue weighted by Gasteiger charge is 2.35. The number of allylic oxidation sites excluding steroid dienone is 1. The fraction of sp³-hybridized carbons (Fsp3) is 0.565. The number of rotatable bonds is 9. The lowest BCUT2D eigenvalue weighted by molar-refractivity contribution is -0.140. The van der Waals surface area contributed by atoms with Gasteiger partial charge in [-0.25, -0.2) is 8.42 Å². The van der Waals surface area contributed by atoms with Gasteiger partial charge in [-0.1, -0.05) is 11.6 Å². The number of methoxy groups -OCH3 is 2. The van der Waals surface area contributed by atoms with Crippen LogP contribution < -0.4 is 20.1 Å². The zero-order valence-electron chi connectivity index (χ0n) is 19.7. The molecule has 2 aliphatic rings. The largest absolute Gasteiger partial charge is 0.493 e. The minimum absolute atomic E-state index is 0.0155. The molecule has 10 nitrogen and oxygen atoms in total. The van der Waals surface area contributed by atoms with Crippen LogP contribution >= 0.6 is 0 Å². The van der Waals surface area contributed by atoms with Crippen LogP contribution in [0.1, 0.15) is 38.5 Å². The van der Waals surface area contributed by atoms with Crippen LogP contribution in [0.2, 0.25) is 0 Å². The Morgan fingerprint density at radius 2 is 1.85 bits per heavy atom. The summed E-state index contributed by atoms with van der Waals surface area (Å²) < 4.78 is 43.8. The smallest absolute Gasteiger partial charge is 0.309 e. The number of ether oxygens (including phenoxy) is 3. The highest BCUT2D eigenvalue weighted by Crippen LogP contribution is 2.31. The first-order valence-corrected chi connectivity index (χ1v) is 12.9. The van der Waals surface area contributed by atoms with Gasteiger partial charge in [-0.05, 0) is 50.7 Å². The summed E-state index contributed by atoms with van der Waals surface area (Å²) in [7, 11) is -1.06. The van der Waals surface area contributed by atoms with E-state index >= 15 is 0 Å². The van der Waals surface area contributed by atoms with Crippen molar-refractivity contribution < 1.29 is 32.2 Å². The molecule has 0 spiro atoms. The number of sulfonamides is 1. The van der Waals surface area contributed by atoms with Crippen LogP contribution in [-0.4, -0.2) is 71.2 Å². The Kier molecular flexibility index (Phi) is 9.31. The highest BCUT2D eigenvalue weighted by atomic mass is 32.2. The van der Waals surface area contributed by atoms with E-state index in [9.17, 15) is 18.0 Å². The molecule has 1 fully saturated rings. The molecule has 11 heteroatoms. The molecule has 1 atom stereocenters. The Morgan fingerprint density at radius 1 is 1.09 bits per heavy atom. The van der Waals surface area contributed by atoms with E-state index in [1.807, 2.05) is 0 Å². The summed E-state index contributed by atoms with van der Waals surface area (Å²) in [5.41, 5.74) is 1.30. The molecule has 1 aliphatic heterocycles. The summed E-state index contributed by atoms with van der Waals surface area (Å²) in [6, 6.07) is 4.32. The van der Waals surface area contributed by atoms with Crippen molar-refractivity contribution in [1.29, 1.82) is 0 Å². The number of hydrogen-bond acceptors (Lipinski definition) is 7. The van der Waals surface area contributed by atoms with E-state index < -0.39 is 28.1 Å². The van der Waals surface area contributed by atoms with E-state index in [4.69, 9.17) is 14.2 Å². The lowest BCUT2D eigenvalue weighted by atomic mass is 9.97. The second kappa shape index (κ2) is 12.2. The van der Waals surface area contributed by atoms with Gasteiger partial charge in [0.2, 0.25) is 10.0 Å². The molecule has 0 unspecified atom stereocenters. The average molecular weight is 496 g/mol. The molecule has 1 saturated heterocycles. The van der Waals surface area contributed by atoms with E-state index in [2.05, 4.69) is 16.7 Å². The maximum absolute atomic E-state index is 13.3. The Labute approximate surface area is 200 Å². The summed E-state index contributed by atoms with van der Waals surface area (Å²) in [4.78, 5) is 24.4. The van der Waals surface area contributed by atoms with Crippen molar-refractivity contribution in [2.75, 3.05) is 40.5 Å². The number of nitrogens with zero attached hydrogens (tertiary/aromatic N) is 1. The van der Waals surface area contributed by atoms with E-state index in [0.29, 0.717) is 25.3 Å². The quantitative estimate of drug-likeness (QED) is 0.394. The fourth-order valence-electron chi connectivity index (χ4n) is 4.02. The minimum Gasteiger partial charge on any atom is -0.493 e. The lowest BCUT2D eigenvalue weighted by Crippen LogP contribution is -2.53. The predicted octanol–water partition coefficient (Wildman–Crippen LogP) is 1.56. The van der Waals surface area contributed by atoms with Gasteiger partial charge in [-0.2, -0.15) is 4.31 Å². The lowest BCUT2D eigenvalue weighted by Gasteiger charge is -2.34. The standard InChI is InChI=1S/C23H33N3O7S/c1-31-19-10-9-18(15-20(19)32-2)34(29,30)26-13-6-14-33-21(26)16-25-23(28)22(27)24-12-11-17-7-4-3-5-8-17/h7,9-10,15,21H,3-6,8,11-14,16H2,1-2H3,(H,24,27)(H,25,28)/t21-/m1/s1. The van der Waals surface area contributed by atoms with Crippen LogP contribution in [0.15, 0.2) is 34.7 Å². The molecule has 0 bridgehead atoms. The number of carbonyl (C=O) groups is 2. The Hall–Kier alpha value is -2.63. The fourth-order valence-corrected chi connectivity index (χ4v) is 5.61. The van der Waals surface area contributed by atoms with Crippen LogP contribution in [0.3, 0.4) is 0 Å². The summed E-state index contributed by atoms with van der Waals surface area (Å²) in [6.45, 7) is 0.806. The minimum atomic E-state index is -3.95. The Morgan fingerprint density at radius 3 is 2.56 bits per heavy atom. The summed E-state index contributed by atoms with van der Waals surface area (Å²) in [6.07, 6.45) is 6.94. The van der Waals surface area contributed by atoms with Crippen LogP contribution in [0.25, 0.3) is 0 Å². The molecule has 188 valence electrons. The van der Waals surface area contributed by atoms with Crippen molar-refractivity contribution in [3.8, 4) is 11.5 Å². The van der Waals surface area contributed by atoms with Gasteiger partial charge in [-0.15, -0.1) is 0 Å². The van der Waals surface area contributed by atoms with Gasteiger partial charge in [0.05, 0.1) is 32.3 Å². The maximum Gasteiger partial charge on any atom is 0.309 e. The molecule has 2 N–H and O–H groups in total. The first-order chi connectivity index (χ1) is 16.4. The van der Waals surface area contributed by atoms with Gasteiger partial charge in [-0.3, -0.25) is 9.59 Å². The second-order valence-electron chi connectivity index (χ2n) is 8.14. The van der Waals surface area contributed by atoms with Crippen LogP contribution in [0, 0.1) is 0 Å². The van der Waals surface area contributed by atoms with Crippen molar-refractivity contribution in [3.05, 3.63) is 29.8 Å². The average Bonchev–Trinajstić information content (AvgIpc) is 2.87. The normalized spacial score (nSPS) is 19.1. The van der Waals surface area contributed by atoms with Crippen molar-refractivity contribution in [2.45, 2.75) is 49.6 Å². The van der Waals surface area contributed by atoms with Crippen LogP contribution in [-0.2, 0) is 24.3 Å². The van der Waals surface area contributed by atoms with E-state index in [0.717, 1.165) is 25.7 Å². The van der Waals surface area contributed by atoms with Gasteiger partial charge in [0.25, 0.3) is 0 Å². The van der Waals surface area contributed by atoms with Crippen molar-refractivity contribution in [2.24, 2.45) is 0 Å². The number of hydrogen-bond donors (Lipinski definition) is 2. The maximum atomic E-state index is 13.3. The first kappa shape index (κ1) is 26.0. The van der Waals surface area contributed by atoms with E-state index in [1.54, 1.807) is 0 Å². The van der Waals surface area contributed by atoms with Gasteiger partial charge in [0.15, 0.2) is 11.5 Å². The topological polar surface area (TPSA) is 123 Å². The second-order valence-corrected chi connectivity index (χ2v) is 10.0. The molecule has 1 aromatic carbocycles. The molecule has 0 radical (unpaired) electrons. The monoisotopic (exact) mass is 495 g/mol. The van der Waals surface area contributed by atoms with Gasteiger partial charge < -0.3 is 24.8 Å². The van der Waals surface area contributed by atoms with Crippen molar-refractivity contribution >= 4 is 21.8 Å². The Bertz CT molecular complexity index is 1010. The molecular weight excluding hydrogens is 462 g/mol. The van der Waals surface area contributed by atoms with Gasteiger partial charge >= 0.3 is 11.8 Å². The predicted molar refractivity (Wildman–Crippen MR) is 125 cm³/mol. The number of carbonyl (C=O) groups excluding carboxylic acids is 2. The zero-order valence-corrected chi connectivity index (χ0v) is 20.5. The van der Waals surface area contributed by atoms with Gasteiger partial charge in [0, 0.05) is 19.2 Å². The van der Waals surface area contributed by atoms with Gasteiger partial charge in [0.1, 0.15) is 6.23 Å². The molecule has 0 saturated carbocycles. The van der Waals surface area contributed by atoms with E-state index in [-0.39, 0.29) is 23.7 Å². The molecule has 0 aromatic heterocycles. The molecule has 34 heavy (non-hydrogen) atoms. The molecule has 1 heterocycles. The SMILES string of the molecule is COc1ccc(S(=O)(=O)N2CCCO[C@@H]2CNC(=O)C(=O)NCCC2=CCCCC2)cc1OC. The van der Waals surface area contributed by atoms with Crippen molar-refractivity contribution in [3.63, 3.8) is 0 Å². The zero-order chi connectivity index (χ0) is 24.6. The number of benzene rings is 1. The summed E-state index contributed by atoms with van der Waals surface area (Å²) in [5, 5.41) is 5.11. The molecule has 1 aromatic rings. The first-order valence-electron chi connectivity index (χ1n) is 11.5. The number of amides is 2. The highest BCUT2D eigenvalue weighted by molar-refractivity contribution is 7.89. The third kappa shape index (κ3) is 6.49. The molecule has 1 aliphatic carbocycles. The third-order valence-corrected chi connectivity index (χ3v) is 7.76. The third-order valence-electron chi connectivity index (χ3n) is 5.88. The van der Waals surface area contributed by atoms with Crippen LogP contribution in [0.4, 0.5) is 0 Å². The summed E-state index contributed by atoms with van der Waals surface area (Å²) in [5.74, 6) is -0.880. The van der Waals surface area contributed by atoms with E-state index in [1.165, 1.54) is 48.7 Å². The molecule has 3 rings (SSSR count). The molecular formula is C23H33N3O7S.